The molecule has 0 aliphatic heterocycles. The van der Waals surface area contributed by atoms with E-state index in [4.69, 9.17) is 0 Å². The van der Waals surface area contributed by atoms with E-state index in [2.05, 4.69) is 191 Å². The molecule has 0 unspecified atom stereocenters. The largest absolute Gasteiger partial charge is 0.162 e. The standard InChI is InChI=1S/C6Br12/c7-1(2(8)9)3(10,11)4(12,13)5(14,15)6(16,17)18. The van der Waals surface area contributed by atoms with Crippen molar-refractivity contribution in [3.05, 3.63) is 7.87 Å². The summed E-state index contributed by atoms with van der Waals surface area (Å²) in [5, 5.41) is 0. The minimum Gasteiger partial charge on any atom is -0.0671 e. The normalized spacial score (nSPS) is 14.7. The second-order valence-corrected chi connectivity index (χ2v) is 23.3. The van der Waals surface area contributed by atoms with Gasteiger partial charge in [0.25, 0.3) is 0 Å². The highest BCUT2D eigenvalue weighted by Gasteiger charge is 2.65. The Labute approximate surface area is 206 Å². The van der Waals surface area contributed by atoms with Crippen molar-refractivity contribution in [1.82, 2.24) is 0 Å². The Hall–Kier alpha value is 5.50. The van der Waals surface area contributed by atoms with Gasteiger partial charge in [0.2, 0.25) is 0 Å². The second-order valence-electron chi connectivity index (χ2n) is 2.80. The zero-order valence-corrected chi connectivity index (χ0v) is 26.6. The van der Waals surface area contributed by atoms with Crippen molar-refractivity contribution in [3.63, 3.8) is 0 Å². The molecule has 0 aliphatic carbocycles. The highest BCUT2D eigenvalue weighted by molar-refractivity contribution is 9.42. The molecule has 0 saturated carbocycles. The van der Waals surface area contributed by atoms with E-state index in [9.17, 15) is 0 Å². The number of rotatable bonds is 3. The summed E-state index contributed by atoms with van der Waals surface area (Å²) >= 11 is 42.6. The van der Waals surface area contributed by atoms with Crippen molar-refractivity contribution in [3.8, 4) is 0 Å². The Morgan fingerprint density at radius 1 is 0.556 bits per heavy atom. The molecule has 0 radical (unpaired) electrons. The fourth-order valence-corrected chi connectivity index (χ4v) is 9.25. The molecule has 0 aromatic rings. The first kappa shape index (κ1) is 23.5. The van der Waals surface area contributed by atoms with Gasteiger partial charge in [0.1, 0.15) is 9.70 Å². The number of hydrogen-bond donors (Lipinski definition) is 0. The molecule has 0 atom stereocenters. The number of hydrogen-bond acceptors (Lipinski definition) is 0. The van der Waals surface area contributed by atoms with Gasteiger partial charge in [-0.05, 0) is 31.9 Å². The smallest absolute Gasteiger partial charge is 0.0671 e. The molecule has 0 bridgehead atoms. The van der Waals surface area contributed by atoms with Gasteiger partial charge in [-0.15, -0.1) is 0 Å². The highest BCUT2D eigenvalue weighted by Crippen LogP contribution is 2.70. The van der Waals surface area contributed by atoms with Crippen molar-refractivity contribution < 1.29 is 0 Å². The van der Waals surface area contributed by atoms with Crippen LogP contribution in [0.15, 0.2) is 7.87 Å². The van der Waals surface area contributed by atoms with Crippen LogP contribution in [0.3, 0.4) is 0 Å². The minimum atomic E-state index is -0.734. The molecule has 108 valence electrons. The zero-order valence-electron chi connectivity index (χ0n) is 7.54. The SMILES string of the molecule is BrC(Br)=C(Br)C(Br)(Br)C(Br)(Br)C(Br)(Br)C(Br)(Br)Br. The van der Waals surface area contributed by atoms with E-state index in [-0.39, 0.29) is 0 Å². The van der Waals surface area contributed by atoms with E-state index >= 15 is 0 Å². The van der Waals surface area contributed by atoms with Crippen molar-refractivity contribution in [2.24, 2.45) is 0 Å². The lowest BCUT2D eigenvalue weighted by Crippen LogP contribution is -2.53. The maximum Gasteiger partial charge on any atom is 0.162 e. The van der Waals surface area contributed by atoms with Crippen LogP contribution >= 0.6 is 191 Å². The third-order valence-electron chi connectivity index (χ3n) is 1.59. The summed E-state index contributed by atoms with van der Waals surface area (Å²) in [6, 6.07) is 0. The van der Waals surface area contributed by atoms with E-state index in [1.54, 1.807) is 0 Å². The molecular weight excluding hydrogens is 1030 g/mol. The van der Waals surface area contributed by atoms with Crippen LogP contribution in [0.5, 0.6) is 0 Å². The fraction of sp³-hybridized carbons (Fsp3) is 0.667. The van der Waals surface area contributed by atoms with Crippen LogP contribution in [0.2, 0.25) is 0 Å². The number of halogens is 12. The Morgan fingerprint density at radius 3 is 1.11 bits per heavy atom. The van der Waals surface area contributed by atoms with E-state index in [0.717, 1.165) is 7.87 Å². The number of allylic oxidation sites excluding steroid dienone is 1. The first-order chi connectivity index (χ1) is 7.60. The van der Waals surface area contributed by atoms with Gasteiger partial charge in [0.15, 0.2) is 2.14 Å². The lowest BCUT2D eigenvalue weighted by Gasteiger charge is -2.46. The van der Waals surface area contributed by atoms with Crippen LogP contribution < -0.4 is 0 Å². The topological polar surface area (TPSA) is 0 Å². The van der Waals surface area contributed by atoms with Gasteiger partial charge >= 0.3 is 0 Å². The molecule has 0 saturated heterocycles. The lowest BCUT2D eigenvalue weighted by molar-refractivity contribution is 0.781. The van der Waals surface area contributed by atoms with Crippen LogP contribution in [0.4, 0.5) is 0 Å². The van der Waals surface area contributed by atoms with Crippen LogP contribution in [-0.2, 0) is 0 Å². The van der Waals surface area contributed by atoms with Gasteiger partial charge in [0.05, 0.1) is 3.39 Å². The molecule has 18 heavy (non-hydrogen) atoms. The van der Waals surface area contributed by atoms with Gasteiger partial charge < -0.3 is 0 Å². The third kappa shape index (κ3) is 5.00. The van der Waals surface area contributed by atoms with E-state index in [1.807, 2.05) is 0 Å². The molecular formula is C6Br12. The first-order valence-electron chi connectivity index (χ1n) is 3.52. The van der Waals surface area contributed by atoms with Gasteiger partial charge in [0, 0.05) is 4.48 Å². The summed E-state index contributed by atoms with van der Waals surface area (Å²) in [5.41, 5.74) is 0. The van der Waals surface area contributed by atoms with Crippen LogP contribution in [0.1, 0.15) is 0 Å². The fourth-order valence-electron chi connectivity index (χ4n) is 0.632. The molecule has 0 heterocycles. The van der Waals surface area contributed by atoms with E-state index in [0.29, 0.717) is 0 Å². The molecule has 0 amide bonds. The average molecular weight is 1030 g/mol. The monoisotopic (exact) mass is 1020 g/mol. The minimum absolute atomic E-state index is 0.647. The third-order valence-corrected chi connectivity index (χ3v) is 21.5. The molecule has 0 rings (SSSR count). The second kappa shape index (κ2) is 8.25. The Bertz CT molecular complexity index is 342. The molecule has 12 heteroatoms. The molecule has 0 aliphatic rings. The van der Waals surface area contributed by atoms with E-state index < -0.39 is 11.8 Å². The predicted octanol–water partition coefficient (Wildman–Crippen LogP) is 9.64. The molecule has 0 N–H and O–H groups in total. The molecule has 0 nitrogen and oxygen atoms in total. The summed E-state index contributed by atoms with van der Waals surface area (Å²) in [6.45, 7) is 0. The van der Waals surface area contributed by atoms with Gasteiger partial charge in [-0.3, -0.25) is 0 Å². The molecule has 0 spiro atoms. The summed E-state index contributed by atoms with van der Waals surface area (Å²) in [4.78, 5) is 0. The van der Waals surface area contributed by atoms with Gasteiger partial charge in [-0.25, -0.2) is 0 Å². The van der Waals surface area contributed by atoms with Crippen molar-refractivity contribution in [2.45, 2.75) is 11.8 Å². The quantitative estimate of drug-likeness (QED) is 0.248. The maximum atomic E-state index is 3.66. The predicted molar refractivity (Wildman–Crippen MR) is 125 cm³/mol. The summed E-state index contributed by atoms with van der Waals surface area (Å²) in [5.74, 6) is 0. The van der Waals surface area contributed by atoms with Crippen LogP contribution in [-0.4, -0.2) is 11.8 Å². The maximum absolute atomic E-state index is 3.66. The Balaban J connectivity index is 5.88. The lowest BCUT2D eigenvalue weighted by atomic mass is 10.2. The summed E-state index contributed by atoms with van der Waals surface area (Å²) < 4.78 is -1.24. The first-order valence-corrected chi connectivity index (χ1v) is 13.0. The Kier molecular flexibility index (Phi) is 10.8. The highest BCUT2D eigenvalue weighted by atomic mass is 80.0. The summed E-state index contributed by atoms with van der Waals surface area (Å²) in [7, 11) is 0. The average Bonchev–Trinajstić information content (AvgIpc) is 2.13. The molecule has 0 aromatic carbocycles. The van der Waals surface area contributed by atoms with Crippen molar-refractivity contribution >= 4 is 191 Å². The number of alkyl halides is 9. The Morgan fingerprint density at radius 2 is 0.889 bits per heavy atom. The van der Waals surface area contributed by atoms with Crippen molar-refractivity contribution in [2.75, 3.05) is 0 Å². The van der Waals surface area contributed by atoms with Gasteiger partial charge in [-0.2, -0.15) is 0 Å². The van der Waals surface area contributed by atoms with Gasteiger partial charge in [-0.1, -0.05) is 159 Å². The molecule has 0 aromatic heterocycles. The van der Waals surface area contributed by atoms with Crippen molar-refractivity contribution in [1.29, 1.82) is 0 Å². The summed E-state index contributed by atoms with van der Waals surface area (Å²) in [6.07, 6.45) is 0. The van der Waals surface area contributed by atoms with Crippen LogP contribution in [0.25, 0.3) is 0 Å². The zero-order chi connectivity index (χ0) is 15.2. The van der Waals surface area contributed by atoms with E-state index in [1.165, 1.54) is 0 Å². The molecule has 0 fully saturated rings. The van der Waals surface area contributed by atoms with Crippen LogP contribution in [0, 0.1) is 0 Å².